The summed E-state index contributed by atoms with van der Waals surface area (Å²) >= 11 is 0. The first-order valence-electron chi connectivity index (χ1n) is 9.71. The Balaban J connectivity index is 1.72. The van der Waals surface area contributed by atoms with Gasteiger partial charge in [0.25, 0.3) is 0 Å². The lowest BCUT2D eigenvalue weighted by Gasteiger charge is -2.36. The van der Waals surface area contributed by atoms with Crippen molar-refractivity contribution in [1.82, 2.24) is 0 Å². The highest BCUT2D eigenvalue weighted by molar-refractivity contribution is 6.74. The van der Waals surface area contributed by atoms with Crippen molar-refractivity contribution >= 4 is 8.32 Å². The molecule has 0 aliphatic heterocycles. The summed E-state index contributed by atoms with van der Waals surface area (Å²) in [4.78, 5) is 0. The topological polar surface area (TPSA) is 9.23 Å². The van der Waals surface area contributed by atoms with Crippen LogP contribution < -0.4 is 4.43 Å². The molecule has 1 nitrogen and oxygen atoms in total. The summed E-state index contributed by atoms with van der Waals surface area (Å²) in [5.41, 5.74) is 4.42. The van der Waals surface area contributed by atoms with Crippen molar-refractivity contribution in [2.24, 2.45) is 0 Å². The van der Waals surface area contributed by atoms with Gasteiger partial charge in [-0.05, 0) is 65.7 Å². The molecular formula is C26H28OSi. The zero-order valence-corrected chi connectivity index (χ0v) is 18.4. The minimum Gasteiger partial charge on any atom is -0.544 e. The molecule has 28 heavy (non-hydrogen) atoms. The first-order valence-corrected chi connectivity index (χ1v) is 12.6. The summed E-state index contributed by atoms with van der Waals surface area (Å²) in [6.07, 6.45) is 0. The molecule has 3 rings (SSSR count). The molecule has 0 amide bonds. The minimum atomic E-state index is -1.80. The molecule has 0 saturated heterocycles. The maximum Gasteiger partial charge on any atom is 0.250 e. The Morgan fingerprint density at radius 2 is 1.11 bits per heavy atom. The smallest absolute Gasteiger partial charge is 0.250 e. The van der Waals surface area contributed by atoms with E-state index in [9.17, 15) is 0 Å². The van der Waals surface area contributed by atoms with Crippen LogP contribution in [0.25, 0.3) is 11.1 Å². The molecule has 0 aliphatic carbocycles. The van der Waals surface area contributed by atoms with Gasteiger partial charge in [0.05, 0.1) is 0 Å². The summed E-state index contributed by atoms with van der Waals surface area (Å²) in [6.45, 7) is 11.3. The van der Waals surface area contributed by atoms with E-state index in [0.717, 1.165) is 16.9 Å². The van der Waals surface area contributed by atoms with Crippen LogP contribution in [0.1, 0.15) is 31.9 Å². The number of benzene rings is 3. The van der Waals surface area contributed by atoms with Gasteiger partial charge >= 0.3 is 0 Å². The van der Waals surface area contributed by atoms with E-state index in [1.165, 1.54) is 11.1 Å². The summed E-state index contributed by atoms with van der Waals surface area (Å²) in [5.74, 6) is 7.38. The van der Waals surface area contributed by atoms with E-state index < -0.39 is 8.32 Å². The Morgan fingerprint density at radius 3 is 1.61 bits per heavy atom. The Labute approximate surface area is 170 Å². The van der Waals surface area contributed by atoms with Crippen LogP contribution in [0.4, 0.5) is 0 Å². The summed E-state index contributed by atoms with van der Waals surface area (Å²) in [5, 5.41) is 0.197. The van der Waals surface area contributed by atoms with Gasteiger partial charge in [-0.1, -0.05) is 75.1 Å². The molecule has 3 aromatic rings. The predicted octanol–water partition coefficient (Wildman–Crippen LogP) is 7.14. The van der Waals surface area contributed by atoms with Gasteiger partial charge in [-0.15, -0.1) is 0 Å². The van der Waals surface area contributed by atoms with Crippen LogP contribution >= 0.6 is 0 Å². The van der Waals surface area contributed by atoms with Crippen molar-refractivity contribution in [2.45, 2.75) is 38.9 Å². The Kier molecular flexibility index (Phi) is 5.77. The fraction of sp³-hybridized carbons (Fsp3) is 0.231. The zero-order valence-electron chi connectivity index (χ0n) is 17.4. The van der Waals surface area contributed by atoms with Crippen LogP contribution in [-0.2, 0) is 0 Å². The van der Waals surface area contributed by atoms with Gasteiger partial charge in [0.1, 0.15) is 5.75 Å². The quantitative estimate of drug-likeness (QED) is 0.344. The second-order valence-electron chi connectivity index (χ2n) is 8.58. The fourth-order valence-corrected chi connectivity index (χ4v) is 3.61. The van der Waals surface area contributed by atoms with Gasteiger partial charge in [-0.25, -0.2) is 0 Å². The van der Waals surface area contributed by atoms with E-state index >= 15 is 0 Å². The van der Waals surface area contributed by atoms with Gasteiger partial charge in [0.2, 0.25) is 8.32 Å². The van der Waals surface area contributed by atoms with Crippen molar-refractivity contribution < 1.29 is 4.43 Å². The van der Waals surface area contributed by atoms with Crippen LogP contribution in [0, 0.1) is 11.8 Å². The third-order valence-electron chi connectivity index (χ3n) is 5.38. The largest absolute Gasteiger partial charge is 0.544 e. The third-order valence-corrected chi connectivity index (χ3v) is 9.74. The van der Waals surface area contributed by atoms with Gasteiger partial charge in [0, 0.05) is 11.1 Å². The number of hydrogen-bond donors (Lipinski definition) is 0. The Morgan fingerprint density at radius 1 is 0.643 bits per heavy atom. The zero-order chi connectivity index (χ0) is 20.2. The molecule has 0 fully saturated rings. The van der Waals surface area contributed by atoms with E-state index in [0.29, 0.717) is 0 Å². The lowest BCUT2D eigenvalue weighted by atomic mass is 10.0. The van der Waals surface area contributed by atoms with Crippen LogP contribution in [0.2, 0.25) is 18.1 Å². The average Bonchev–Trinajstić information content (AvgIpc) is 2.67. The summed E-state index contributed by atoms with van der Waals surface area (Å²) in [6, 6.07) is 26.9. The van der Waals surface area contributed by atoms with E-state index in [4.69, 9.17) is 4.43 Å². The van der Waals surface area contributed by atoms with Crippen molar-refractivity contribution in [3.05, 3.63) is 90.0 Å². The molecule has 3 aromatic carbocycles. The maximum atomic E-state index is 6.37. The second kappa shape index (κ2) is 8.08. The van der Waals surface area contributed by atoms with Crippen molar-refractivity contribution in [3.8, 4) is 28.7 Å². The number of hydrogen-bond acceptors (Lipinski definition) is 1. The van der Waals surface area contributed by atoms with E-state index in [1.54, 1.807) is 0 Å². The fourth-order valence-electron chi connectivity index (χ4n) is 2.57. The minimum absolute atomic E-state index is 0.197. The lowest BCUT2D eigenvalue weighted by molar-refractivity contribution is 0.492. The second-order valence-corrected chi connectivity index (χ2v) is 13.3. The molecule has 0 aromatic heterocycles. The van der Waals surface area contributed by atoms with Crippen LogP contribution in [0.5, 0.6) is 5.75 Å². The molecule has 0 bridgehead atoms. The van der Waals surface area contributed by atoms with Crippen LogP contribution in [0.3, 0.4) is 0 Å². The molecule has 0 spiro atoms. The van der Waals surface area contributed by atoms with E-state index in [2.05, 4.69) is 94.2 Å². The van der Waals surface area contributed by atoms with Crippen molar-refractivity contribution in [2.75, 3.05) is 0 Å². The monoisotopic (exact) mass is 384 g/mol. The molecule has 0 heterocycles. The number of rotatable bonds is 3. The SMILES string of the molecule is CC(C)(C)[Si](C)(C)Oc1ccc(-c2ccc(C#Cc3ccccc3)cc2)cc1. The van der Waals surface area contributed by atoms with Crippen LogP contribution in [-0.4, -0.2) is 8.32 Å². The maximum absolute atomic E-state index is 6.37. The molecule has 0 atom stereocenters. The highest BCUT2D eigenvalue weighted by atomic mass is 28.4. The highest BCUT2D eigenvalue weighted by Gasteiger charge is 2.38. The van der Waals surface area contributed by atoms with E-state index in [-0.39, 0.29) is 5.04 Å². The molecule has 0 radical (unpaired) electrons. The summed E-state index contributed by atoms with van der Waals surface area (Å²) < 4.78 is 6.37. The molecule has 0 aliphatic rings. The third kappa shape index (κ3) is 4.94. The molecule has 0 N–H and O–H groups in total. The standard InChI is InChI=1S/C26H28OSi/c1-26(2,3)28(4,5)27-25-19-17-24(18-20-25)23-15-13-22(14-16-23)12-11-21-9-7-6-8-10-21/h6-10,13-20H,1-5H3. The lowest BCUT2D eigenvalue weighted by Crippen LogP contribution is -2.43. The molecule has 142 valence electrons. The summed E-state index contributed by atoms with van der Waals surface area (Å²) in [7, 11) is -1.80. The average molecular weight is 385 g/mol. The normalized spacial score (nSPS) is 11.5. The Bertz CT molecular complexity index is 967. The van der Waals surface area contributed by atoms with E-state index in [1.807, 2.05) is 30.3 Å². The van der Waals surface area contributed by atoms with Crippen LogP contribution in [0.15, 0.2) is 78.9 Å². The van der Waals surface area contributed by atoms with Crippen molar-refractivity contribution in [1.29, 1.82) is 0 Å². The van der Waals surface area contributed by atoms with Gasteiger partial charge < -0.3 is 4.43 Å². The molecule has 0 unspecified atom stereocenters. The predicted molar refractivity (Wildman–Crippen MR) is 122 cm³/mol. The first kappa shape index (κ1) is 20.0. The molecule has 2 heteroatoms. The van der Waals surface area contributed by atoms with Gasteiger partial charge in [-0.3, -0.25) is 0 Å². The molecular weight excluding hydrogens is 356 g/mol. The van der Waals surface area contributed by atoms with Gasteiger partial charge in [0.15, 0.2) is 0 Å². The first-order chi connectivity index (χ1) is 13.2. The van der Waals surface area contributed by atoms with Gasteiger partial charge in [-0.2, -0.15) is 0 Å². The highest BCUT2D eigenvalue weighted by Crippen LogP contribution is 2.37. The Hall–Kier alpha value is -2.76. The van der Waals surface area contributed by atoms with Crippen molar-refractivity contribution in [3.63, 3.8) is 0 Å². The molecule has 0 saturated carbocycles.